The summed E-state index contributed by atoms with van der Waals surface area (Å²) < 4.78 is 2.00. The van der Waals surface area contributed by atoms with E-state index in [1.54, 1.807) is 11.8 Å². The maximum absolute atomic E-state index is 12.4. The van der Waals surface area contributed by atoms with Gasteiger partial charge in [-0.2, -0.15) is 0 Å². The molecule has 0 spiro atoms. The minimum Gasteiger partial charge on any atom is -0.349 e. The number of thiazole rings is 1. The number of nitrogens with one attached hydrogen (secondary N) is 1. The largest absolute Gasteiger partial charge is 0.349 e. The fraction of sp³-hybridized carbons (Fsp3) is 0.625. The highest BCUT2D eigenvalue weighted by atomic mass is 32.1. The van der Waals surface area contributed by atoms with E-state index in [4.69, 9.17) is 0 Å². The molecule has 1 aliphatic rings. The zero-order chi connectivity index (χ0) is 16.2. The zero-order valence-corrected chi connectivity index (χ0v) is 14.5. The van der Waals surface area contributed by atoms with Crippen molar-refractivity contribution in [2.24, 2.45) is 0 Å². The van der Waals surface area contributed by atoms with Gasteiger partial charge in [0.25, 0.3) is 5.91 Å². The number of amides is 1. The van der Waals surface area contributed by atoms with Crippen LogP contribution in [0, 0.1) is 0 Å². The first kappa shape index (κ1) is 16.1. The van der Waals surface area contributed by atoms with Crippen molar-refractivity contribution in [3.63, 3.8) is 0 Å². The van der Waals surface area contributed by atoms with Gasteiger partial charge in [-0.3, -0.25) is 4.79 Å². The summed E-state index contributed by atoms with van der Waals surface area (Å²) in [4.78, 5) is 17.7. The lowest BCUT2D eigenvalue weighted by molar-refractivity contribution is 0.0954. The van der Waals surface area contributed by atoms with Crippen molar-refractivity contribution in [1.29, 1.82) is 0 Å². The van der Waals surface area contributed by atoms with E-state index < -0.39 is 0 Å². The third-order valence-corrected chi connectivity index (χ3v) is 5.18. The van der Waals surface area contributed by atoms with Gasteiger partial charge in [0.15, 0.2) is 0 Å². The number of rotatable bonds is 6. The molecular weight excluding hydrogens is 310 g/mol. The zero-order valence-electron chi connectivity index (χ0n) is 13.7. The molecule has 1 fully saturated rings. The van der Waals surface area contributed by atoms with Crippen molar-refractivity contribution in [3.05, 3.63) is 28.2 Å². The maximum Gasteiger partial charge on any atom is 0.263 e. The predicted molar refractivity (Wildman–Crippen MR) is 89.8 cm³/mol. The Hall–Kier alpha value is -1.76. The molecule has 3 rings (SSSR count). The van der Waals surface area contributed by atoms with E-state index in [1.165, 1.54) is 24.2 Å². The van der Waals surface area contributed by atoms with Gasteiger partial charge >= 0.3 is 0 Å². The second-order valence-corrected chi connectivity index (χ2v) is 7.20. The van der Waals surface area contributed by atoms with Crippen LogP contribution in [0.5, 0.6) is 0 Å². The monoisotopic (exact) mass is 333 g/mol. The molecule has 124 valence electrons. The normalized spacial score (nSPS) is 15.4. The molecule has 7 heteroatoms. The summed E-state index contributed by atoms with van der Waals surface area (Å²) >= 11 is 1.45. The van der Waals surface area contributed by atoms with Gasteiger partial charge in [-0.05, 0) is 12.8 Å². The standard InChI is InChI=1S/C16H23N5OS/c1-11(2)15-20-19-9-21(15)8-7-17-16(22)14-13(18-10-23-14)12-5-3-4-6-12/h9-12H,3-8H2,1-2H3,(H,17,22). The van der Waals surface area contributed by atoms with Crippen LogP contribution in [0.15, 0.2) is 11.8 Å². The van der Waals surface area contributed by atoms with Gasteiger partial charge in [-0.25, -0.2) is 4.98 Å². The number of aromatic nitrogens is 4. The van der Waals surface area contributed by atoms with E-state index in [2.05, 4.69) is 34.3 Å². The number of carbonyl (C=O) groups is 1. The Kier molecular flexibility index (Phi) is 5.05. The van der Waals surface area contributed by atoms with E-state index in [1.807, 2.05) is 4.57 Å². The molecule has 0 aliphatic heterocycles. The molecule has 0 bridgehead atoms. The topological polar surface area (TPSA) is 72.7 Å². The predicted octanol–water partition coefficient (Wildman–Crippen LogP) is 2.95. The van der Waals surface area contributed by atoms with Gasteiger partial charge in [-0.15, -0.1) is 21.5 Å². The van der Waals surface area contributed by atoms with Gasteiger partial charge in [0.1, 0.15) is 17.0 Å². The molecule has 0 atom stereocenters. The Morgan fingerprint density at radius 2 is 2.22 bits per heavy atom. The fourth-order valence-electron chi connectivity index (χ4n) is 3.17. The number of nitrogens with zero attached hydrogens (tertiary/aromatic N) is 4. The molecule has 2 aromatic rings. The molecule has 0 radical (unpaired) electrons. The smallest absolute Gasteiger partial charge is 0.263 e. The molecule has 1 amide bonds. The van der Waals surface area contributed by atoms with Crippen LogP contribution in [-0.2, 0) is 6.54 Å². The van der Waals surface area contributed by atoms with Crippen LogP contribution in [0.25, 0.3) is 0 Å². The summed E-state index contributed by atoms with van der Waals surface area (Å²) in [6.45, 7) is 5.43. The summed E-state index contributed by atoms with van der Waals surface area (Å²) in [7, 11) is 0. The van der Waals surface area contributed by atoms with Crippen molar-refractivity contribution < 1.29 is 4.79 Å². The van der Waals surface area contributed by atoms with Crippen molar-refractivity contribution in [3.8, 4) is 0 Å². The molecule has 2 heterocycles. The minimum atomic E-state index is -0.00595. The molecule has 23 heavy (non-hydrogen) atoms. The quantitative estimate of drug-likeness (QED) is 0.882. The van der Waals surface area contributed by atoms with Crippen LogP contribution in [0.4, 0.5) is 0 Å². The third-order valence-electron chi connectivity index (χ3n) is 4.34. The van der Waals surface area contributed by atoms with E-state index in [9.17, 15) is 4.79 Å². The van der Waals surface area contributed by atoms with E-state index in [-0.39, 0.29) is 5.91 Å². The van der Waals surface area contributed by atoms with Gasteiger partial charge in [0.2, 0.25) is 0 Å². The summed E-state index contributed by atoms with van der Waals surface area (Å²) in [6, 6.07) is 0. The van der Waals surface area contributed by atoms with Gasteiger partial charge in [0, 0.05) is 24.9 Å². The number of carbonyl (C=O) groups excluding carboxylic acids is 1. The fourth-order valence-corrected chi connectivity index (χ4v) is 3.96. The molecule has 0 saturated heterocycles. The van der Waals surface area contributed by atoms with Crippen molar-refractivity contribution >= 4 is 17.2 Å². The Balaban J connectivity index is 1.58. The van der Waals surface area contributed by atoms with Gasteiger partial charge < -0.3 is 9.88 Å². The van der Waals surface area contributed by atoms with Crippen LogP contribution in [0.3, 0.4) is 0 Å². The van der Waals surface area contributed by atoms with Crippen molar-refractivity contribution in [2.75, 3.05) is 6.54 Å². The minimum absolute atomic E-state index is 0.00595. The number of hydrogen-bond donors (Lipinski definition) is 1. The number of hydrogen-bond acceptors (Lipinski definition) is 5. The summed E-state index contributed by atoms with van der Waals surface area (Å²) in [5.41, 5.74) is 2.79. The first-order valence-electron chi connectivity index (χ1n) is 8.26. The van der Waals surface area contributed by atoms with Crippen molar-refractivity contribution in [1.82, 2.24) is 25.1 Å². The molecule has 1 aliphatic carbocycles. The van der Waals surface area contributed by atoms with Crippen LogP contribution >= 0.6 is 11.3 Å². The summed E-state index contributed by atoms with van der Waals surface area (Å²) in [5, 5.41) is 11.1. The summed E-state index contributed by atoms with van der Waals surface area (Å²) in [6.07, 6.45) is 6.52. The van der Waals surface area contributed by atoms with Crippen LogP contribution in [0.1, 0.15) is 72.6 Å². The molecule has 1 saturated carbocycles. The first-order chi connectivity index (χ1) is 11.2. The van der Waals surface area contributed by atoms with Crippen LogP contribution in [0.2, 0.25) is 0 Å². The molecule has 2 aromatic heterocycles. The lowest BCUT2D eigenvalue weighted by Gasteiger charge is -2.11. The lowest BCUT2D eigenvalue weighted by atomic mass is 10.0. The molecule has 0 aromatic carbocycles. The van der Waals surface area contributed by atoms with Crippen molar-refractivity contribution in [2.45, 2.75) is 57.9 Å². The maximum atomic E-state index is 12.4. The third kappa shape index (κ3) is 3.60. The lowest BCUT2D eigenvalue weighted by Crippen LogP contribution is -2.28. The molecule has 0 unspecified atom stereocenters. The average Bonchev–Trinajstić information content (AvgIpc) is 3.26. The highest BCUT2D eigenvalue weighted by Gasteiger charge is 2.25. The van der Waals surface area contributed by atoms with E-state index in [0.29, 0.717) is 24.9 Å². The Bertz CT molecular complexity index is 657. The Morgan fingerprint density at radius 1 is 1.43 bits per heavy atom. The van der Waals surface area contributed by atoms with E-state index >= 15 is 0 Å². The second-order valence-electron chi connectivity index (χ2n) is 6.34. The average molecular weight is 333 g/mol. The van der Waals surface area contributed by atoms with Gasteiger partial charge in [-0.1, -0.05) is 26.7 Å². The highest BCUT2D eigenvalue weighted by Crippen LogP contribution is 2.36. The second kappa shape index (κ2) is 7.21. The van der Waals surface area contributed by atoms with Crippen LogP contribution in [-0.4, -0.2) is 32.2 Å². The van der Waals surface area contributed by atoms with E-state index in [0.717, 1.165) is 29.2 Å². The van der Waals surface area contributed by atoms with Crippen LogP contribution < -0.4 is 5.32 Å². The first-order valence-corrected chi connectivity index (χ1v) is 9.14. The van der Waals surface area contributed by atoms with Gasteiger partial charge in [0.05, 0.1) is 11.2 Å². The summed E-state index contributed by atoms with van der Waals surface area (Å²) in [5.74, 6) is 1.73. The highest BCUT2D eigenvalue weighted by molar-refractivity contribution is 7.11. The molecule has 6 nitrogen and oxygen atoms in total. The Morgan fingerprint density at radius 3 is 2.96 bits per heavy atom. The molecule has 1 N–H and O–H groups in total. The SMILES string of the molecule is CC(C)c1nncn1CCNC(=O)c1scnc1C1CCCC1. The molecular formula is C16H23N5OS. The Labute approximate surface area is 140 Å².